The van der Waals surface area contributed by atoms with Crippen LogP contribution in [-0.4, -0.2) is 0 Å². The van der Waals surface area contributed by atoms with Gasteiger partial charge in [0, 0.05) is 5.56 Å². The molecule has 0 aliphatic rings. The lowest BCUT2D eigenvalue weighted by Gasteiger charge is -1.98. The monoisotopic (exact) mass is 247 g/mol. The molecule has 0 unspecified atom stereocenters. The standard InChI is InChI=1S/C9H12I/c1-7-3-4-8(2)9(5-7)6-10/h3-5,10H,6H2,1-2H3/q+1. The number of hydrogen-bond acceptors (Lipinski definition) is 0. The molecule has 0 heterocycles. The fraction of sp³-hybridized carbons (Fsp3) is 0.333. The maximum atomic E-state index is 2.26. The Kier molecular flexibility index (Phi) is 2.72. The predicted molar refractivity (Wildman–Crippen MR) is 41.0 cm³/mol. The number of benzene rings is 1. The van der Waals surface area contributed by atoms with Gasteiger partial charge in [0.05, 0.1) is 0 Å². The first-order valence-electron chi connectivity index (χ1n) is 3.38. The van der Waals surface area contributed by atoms with Gasteiger partial charge < -0.3 is 0 Å². The molecule has 0 nitrogen and oxygen atoms in total. The molecule has 1 rings (SSSR count). The summed E-state index contributed by atoms with van der Waals surface area (Å²) in [6.07, 6.45) is 0. The van der Waals surface area contributed by atoms with E-state index >= 15 is 0 Å². The summed E-state index contributed by atoms with van der Waals surface area (Å²) in [5.74, 6) is 0. The van der Waals surface area contributed by atoms with E-state index in [1.165, 1.54) is 16.7 Å². The number of alkyl halides is 1. The van der Waals surface area contributed by atoms with Crippen LogP contribution in [0.2, 0.25) is 0 Å². The van der Waals surface area contributed by atoms with Gasteiger partial charge >= 0.3 is 0 Å². The van der Waals surface area contributed by atoms with E-state index in [0.717, 1.165) is 4.43 Å². The second-order valence-electron chi connectivity index (χ2n) is 2.57. The molecule has 0 aliphatic carbocycles. The van der Waals surface area contributed by atoms with E-state index in [0.29, 0.717) is 0 Å². The van der Waals surface area contributed by atoms with Crippen LogP contribution in [0, 0.1) is 13.8 Å². The summed E-state index contributed by atoms with van der Waals surface area (Å²) < 4.78 is 1.16. The first-order chi connectivity index (χ1) is 4.74. The molecule has 1 aromatic rings. The highest BCUT2D eigenvalue weighted by atomic mass is 127. The van der Waals surface area contributed by atoms with Gasteiger partial charge in [-0.05, 0) is 19.4 Å². The van der Waals surface area contributed by atoms with Crippen molar-refractivity contribution in [2.45, 2.75) is 18.3 Å². The molecule has 0 amide bonds. The molecule has 1 aromatic carbocycles. The van der Waals surface area contributed by atoms with Crippen molar-refractivity contribution in [3.05, 3.63) is 34.9 Å². The van der Waals surface area contributed by atoms with Gasteiger partial charge in [-0.2, -0.15) is 0 Å². The third-order valence-corrected chi connectivity index (χ3v) is 2.55. The van der Waals surface area contributed by atoms with Crippen molar-refractivity contribution in [3.8, 4) is 0 Å². The van der Waals surface area contributed by atoms with Gasteiger partial charge in [-0.25, -0.2) is 0 Å². The van der Waals surface area contributed by atoms with Gasteiger partial charge in [-0.1, -0.05) is 23.8 Å². The maximum Gasteiger partial charge on any atom is 0.257 e. The van der Waals surface area contributed by atoms with Crippen LogP contribution in [0.1, 0.15) is 16.7 Å². The summed E-state index contributed by atoms with van der Waals surface area (Å²) >= 11 is 2.13. The van der Waals surface area contributed by atoms with Crippen molar-refractivity contribution >= 4 is 0 Å². The highest BCUT2D eigenvalue weighted by Crippen LogP contribution is 2.07. The number of rotatable bonds is 1. The molecule has 0 saturated carbocycles. The molecule has 0 bridgehead atoms. The van der Waals surface area contributed by atoms with Crippen LogP contribution in [0.4, 0.5) is 0 Å². The minimum Gasteiger partial charge on any atom is -0.0590 e. The molecule has 0 spiro atoms. The van der Waals surface area contributed by atoms with E-state index in [1.54, 1.807) is 0 Å². The molecule has 0 N–H and O–H groups in total. The summed E-state index contributed by atoms with van der Waals surface area (Å²) in [5, 5.41) is 0. The van der Waals surface area contributed by atoms with Crippen molar-refractivity contribution in [1.29, 1.82) is 0 Å². The quantitative estimate of drug-likeness (QED) is 0.445. The van der Waals surface area contributed by atoms with E-state index in [1.807, 2.05) is 0 Å². The molecule has 0 fully saturated rings. The second kappa shape index (κ2) is 3.37. The van der Waals surface area contributed by atoms with Gasteiger partial charge in [0.1, 0.15) is 0 Å². The summed E-state index contributed by atoms with van der Waals surface area (Å²) in [7, 11) is 0. The lowest BCUT2D eigenvalue weighted by atomic mass is 10.1. The Morgan fingerprint density at radius 2 is 2.00 bits per heavy atom. The van der Waals surface area contributed by atoms with E-state index in [4.69, 9.17) is 0 Å². The summed E-state index contributed by atoms with van der Waals surface area (Å²) in [5.41, 5.74) is 4.25. The molecular weight excluding hydrogens is 235 g/mol. The zero-order chi connectivity index (χ0) is 7.56. The fourth-order valence-corrected chi connectivity index (χ4v) is 1.84. The largest absolute Gasteiger partial charge is 0.257 e. The molecule has 1 heteroatoms. The van der Waals surface area contributed by atoms with Crippen LogP contribution in [0.15, 0.2) is 18.2 Å². The highest BCUT2D eigenvalue weighted by molar-refractivity contribution is 5.29. The molecule has 10 heavy (non-hydrogen) atoms. The molecule has 54 valence electrons. The Labute approximate surface area is 75.8 Å². The average molecular weight is 247 g/mol. The molecular formula is C9H12I+. The van der Waals surface area contributed by atoms with Gasteiger partial charge in [-0.3, -0.25) is 0 Å². The van der Waals surface area contributed by atoms with Gasteiger partial charge in [0.15, 0.2) is 4.43 Å². The SMILES string of the molecule is Cc1ccc(C)c(C[IH+])c1. The molecule has 0 radical (unpaired) electrons. The van der Waals surface area contributed by atoms with Crippen molar-refractivity contribution < 1.29 is 22.6 Å². The Morgan fingerprint density at radius 3 is 2.50 bits per heavy atom. The zero-order valence-corrected chi connectivity index (χ0v) is 8.68. The summed E-state index contributed by atoms with van der Waals surface area (Å²) in [6, 6.07) is 6.61. The highest BCUT2D eigenvalue weighted by Gasteiger charge is 1.98. The fourth-order valence-electron chi connectivity index (χ4n) is 0.956. The van der Waals surface area contributed by atoms with E-state index in [2.05, 4.69) is 54.6 Å². The lowest BCUT2D eigenvalue weighted by molar-refractivity contribution is -0.386. The first-order valence-corrected chi connectivity index (χ1v) is 5.03. The summed E-state index contributed by atoms with van der Waals surface area (Å²) in [4.78, 5) is 0. The third-order valence-electron chi connectivity index (χ3n) is 1.66. The Morgan fingerprint density at radius 1 is 1.30 bits per heavy atom. The number of halogens is 1. The van der Waals surface area contributed by atoms with Crippen LogP contribution in [-0.2, 0) is 4.43 Å². The smallest absolute Gasteiger partial charge is 0.0590 e. The van der Waals surface area contributed by atoms with Crippen LogP contribution >= 0.6 is 0 Å². The van der Waals surface area contributed by atoms with Gasteiger partial charge in [0.25, 0.3) is 22.6 Å². The van der Waals surface area contributed by atoms with Crippen molar-refractivity contribution in [3.63, 3.8) is 0 Å². The van der Waals surface area contributed by atoms with Crippen LogP contribution in [0.25, 0.3) is 0 Å². The van der Waals surface area contributed by atoms with E-state index in [9.17, 15) is 0 Å². The van der Waals surface area contributed by atoms with Crippen LogP contribution in [0.3, 0.4) is 0 Å². The molecule has 0 aliphatic heterocycles. The summed E-state index contributed by atoms with van der Waals surface area (Å²) in [6.45, 7) is 4.31. The second-order valence-corrected chi connectivity index (χ2v) is 3.40. The zero-order valence-electron chi connectivity index (χ0n) is 6.35. The predicted octanol–water partition coefficient (Wildman–Crippen LogP) is -0.911. The Balaban J connectivity index is 3.09. The van der Waals surface area contributed by atoms with Crippen molar-refractivity contribution in [1.82, 2.24) is 0 Å². The van der Waals surface area contributed by atoms with E-state index in [-0.39, 0.29) is 0 Å². The third kappa shape index (κ3) is 1.72. The Hall–Kier alpha value is -0.0500. The Bertz CT molecular complexity index is 228. The van der Waals surface area contributed by atoms with Crippen LogP contribution in [0.5, 0.6) is 0 Å². The number of hydrogen-bond donors (Lipinski definition) is 0. The van der Waals surface area contributed by atoms with Crippen molar-refractivity contribution in [2.24, 2.45) is 0 Å². The topological polar surface area (TPSA) is 0 Å². The van der Waals surface area contributed by atoms with Crippen molar-refractivity contribution in [2.75, 3.05) is 0 Å². The molecule has 0 aromatic heterocycles. The number of aryl methyl sites for hydroxylation is 2. The molecule has 0 atom stereocenters. The van der Waals surface area contributed by atoms with E-state index < -0.39 is 0 Å². The lowest BCUT2D eigenvalue weighted by Crippen LogP contribution is -3.33. The first kappa shape index (κ1) is 8.05. The maximum absolute atomic E-state index is 2.26. The van der Waals surface area contributed by atoms with Gasteiger partial charge in [0.2, 0.25) is 0 Å². The average Bonchev–Trinajstić information content (AvgIpc) is 1.94. The molecule has 0 saturated heterocycles. The van der Waals surface area contributed by atoms with Crippen LogP contribution < -0.4 is 22.6 Å². The normalized spacial score (nSPS) is 9.90. The van der Waals surface area contributed by atoms with Gasteiger partial charge in [-0.15, -0.1) is 0 Å². The minimum atomic E-state index is 1.16. The minimum absolute atomic E-state index is 1.16.